The van der Waals surface area contributed by atoms with E-state index in [1.54, 1.807) is 0 Å². The molecule has 0 spiro atoms. The highest BCUT2D eigenvalue weighted by atomic mass is 19.1. The number of likely N-dealkylation sites (tertiary alicyclic amines) is 1. The van der Waals surface area contributed by atoms with Crippen molar-refractivity contribution in [2.45, 2.75) is 57.4 Å². The molecule has 2 aromatic carbocycles. The highest BCUT2D eigenvalue weighted by molar-refractivity contribution is 5.85. The van der Waals surface area contributed by atoms with Crippen LogP contribution in [0.4, 0.5) is 10.1 Å². The van der Waals surface area contributed by atoms with Gasteiger partial charge in [-0.1, -0.05) is 43.3 Å². The standard InChI is InChI=1S/C29H37FN4/c1-4-6-16-34-20(3)17-24-23-9-7-8-10-26(23)32-28(24)29(34)21-11-13-22(14-12-21)31-27-19-33(15-5-2)18-25(27)30/h4,7-14,20,25,27,29,31-32H,1,5-6,15-19H2,2-3H3/t20-,25-,27-,29-/m1/s1. The number of hydrogen-bond donors (Lipinski definition) is 2. The number of halogens is 1. The van der Waals surface area contributed by atoms with Crippen LogP contribution in [0.5, 0.6) is 0 Å². The minimum atomic E-state index is -0.825. The van der Waals surface area contributed by atoms with E-state index in [1.165, 1.54) is 27.7 Å². The fourth-order valence-corrected chi connectivity index (χ4v) is 5.91. The Morgan fingerprint density at radius 2 is 1.91 bits per heavy atom. The number of anilines is 1. The summed E-state index contributed by atoms with van der Waals surface area (Å²) in [7, 11) is 0. The molecular weight excluding hydrogens is 423 g/mol. The first-order chi connectivity index (χ1) is 16.6. The Balaban J connectivity index is 1.43. The number of hydrogen-bond acceptors (Lipinski definition) is 3. The molecule has 1 aromatic heterocycles. The van der Waals surface area contributed by atoms with Gasteiger partial charge in [-0.3, -0.25) is 9.80 Å². The molecule has 5 rings (SSSR count). The zero-order chi connectivity index (χ0) is 23.7. The number of rotatable bonds is 8. The van der Waals surface area contributed by atoms with E-state index in [1.807, 2.05) is 6.08 Å². The second-order valence-corrected chi connectivity index (χ2v) is 9.98. The van der Waals surface area contributed by atoms with Gasteiger partial charge in [0.2, 0.25) is 0 Å². The molecule has 180 valence electrons. The summed E-state index contributed by atoms with van der Waals surface area (Å²) in [4.78, 5) is 8.56. The number of para-hydroxylation sites is 1. The second kappa shape index (κ2) is 9.93. The van der Waals surface area contributed by atoms with Crippen molar-refractivity contribution in [1.82, 2.24) is 14.8 Å². The van der Waals surface area contributed by atoms with Gasteiger partial charge in [0.15, 0.2) is 0 Å². The van der Waals surface area contributed by atoms with Gasteiger partial charge in [-0.2, -0.15) is 0 Å². The van der Waals surface area contributed by atoms with Gasteiger partial charge in [-0.25, -0.2) is 4.39 Å². The summed E-state index contributed by atoms with van der Waals surface area (Å²) in [5.74, 6) is 0. The van der Waals surface area contributed by atoms with Gasteiger partial charge in [-0.15, -0.1) is 6.58 Å². The molecule has 0 amide bonds. The summed E-state index contributed by atoms with van der Waals surface area (Å²) in [6, 6.07) is 17.8. The molecule has 0 radical (unpaired) electrons. The van der Waals surface area contributed by atoms with E-state index >= 15 is 0 Å². The largest absolute Gasteiger partial charge is 0.378 e. The van der Waals surface area contributed by atoms with Crippen LogP contribution in [-0.4, -0.2) is 59.2 Å². The van der Waals surface area contributed by atoms with Gasteiger partial charge in [0, 0.05) is 48.0 Å². The number of alkyl halides is 1. The summed E-state index contributed by atoms with van der Waals surface area (Å²) >= 11 is 0. The molecule has 2 N–H and O–H groups in total. The van der Waals surface area contributed by atoms with E-state index in [0.29, 0.717) is 12.6 Å². The normalized spacial score (nSPS) is 25.5. The van der Waals surface area contributed by atoms with Gasteiger partial charge in [-0.05, 0) is 62.1 Å². The van der Waals surface area contributed by atoms with Gasteiger partial charge < -0.3 is 10.3 Å². The maximum absolute atomic E-state index is 14.6. The molecule has 2 aliphatic rings. The molecule has 0 aliphatic carbocycles. The lowest BCUT2D eigenvalue weighted by Crippen LogP contribution is -2.43. The molecule has 3 aromatic rings. The van der Waals surface area contributed by atoms with Crippen molar-refractivity contribution in [2.75, 3.05) is 31.5 Å². The Morgan fingerprint density at radius 3 is 2.68 bits per heavy atom. The first-order valence-corrected chi connectivity index (χ1v) is 12.8. The Hall–Kier alpha value is -2.63. The summed E-state index contributed by atoms with van der Waals surface area (Å²) in [6.45, 7) is 11.7. The van der Waals surface area contributed by atoms with Crippen LogP contribution in [-0.2, 0) is 6.42 Å². The summed E-state index contributed by atoms with van der Waals surface area (Å²) in [5.41, 5.74) is 6.21. The number of aromatic amines is 1. The van der Waals surface area contributed by atoms with Crippen molar-refractivity contribution in [1.29, 1.82) is 0 Å². The summed E-state index contributed by atoms with van der Waals surface area (Å²) < 4.78 is 14.6. The number of aromatic nitrogens is 1. The third kappa shape index (κ3) is 4.39. The molecule has 1 fully saturated rings. The number of nitrogens with one attached hydrogen (secondary N) is 2. The second-order valence-electron chi connectivity index (χ2n) is 9.98. The smallest absolute Gasteiger partial charge is 0.134 e. The predicted molar refractivity (Wildman–Crippen MR) is 140 cm³/mol. The van der Waals surface area contributed by atoms with Crippen LogP contribution in [0, 0.1) is 0 Å². The van der Waals surface area contributed by atoms with Crippen molar-refractivity contribution in [3.63, 3.8) is 0 Å². The quantitative estimate of drug-likeness (QED) is 0.409. The lowest BCUT2D eigenvalue weighted by Gasteiger charge is -2.41. The average Bonchev–Trinajstić information content (AvgIpc) is 3.37. The third-order valence-electron chi connectivity index (χ3n) is 7.55. The minimum absolute atomic E-state index is 0.142. The monoisotopic (exact) mass is 460 g/mol. The average molecular weight is 461 g/mol. The van der Waals surface area contributed by atoms with Crippen molar-refractivity contribution in [2.24, 2.45) is 0 Å². The number of nitrogens with zero attached hydrogens (tertiary/aromatic N) is 2. The SMILES string of the molecule is C=CCCN1[C@H](c2ccc(N[C@@H]3CN(CCC)C[C@H]3F)cc2)c2[nH]c3ccccc3c2C[C@H]1C. The topological polar surface area (TPSA) is 34.3 Å². The Bertz CT molecular complexity index is 1120. The van der Waals surface area contributed by atoms with Crippen LogP contribution < -0.4 is 5.32 Å². The van der Waals surface area contributed by atoms with Crippen LogP contribution in [0.25, 0.3) is 10.9 Å². The van der Waals surface area contributed by atoms with Gasteiger partial charge in [0.25, 0.3) is 0 Å². The Morgan fingerprint density at radius 1 is 1.12 bits per heavy atom. The van der Waals surface area contributed by atoms with Gasteiger partial charge in [0.05, 0.1) is 12.1 Å². The van der Waals surface area contributed by atoms with E-state index in [-0.39, 0.29) is 12.1 Å². The highest BCUT2D eigenvalue weighted by Crippen LogP contribution is 2.41. The molecule has 0 saturated carbocycles. The third-order valence-corrected chi connectivity index (χ3v) is 7.55. The summed E-state index contributed by atoms with van der Waals surface area (Å²) in [5, 5.41) is 4.79. The first kappa shape index (κ1) is 23.1. The number of benzene rings is 2. The van der Waals surface area contributed by atoms with Crippen molar-refractivity contribution in [3.05, 3.63) is 78.0 Å². The van der Waals surface area contributed by atoms with E-state index in [2.05, 4.69) is 89.1 Å². The maximum atomic E-state index is 14.6. The minimum Gasteiger partial charge on any atom is -0.378 e. The van der Waals surface area contributed by atoms with Crippen LogP contribution in [0.3, 0.4) is 0 Å². The molecule has 1 saturated heterocycles. The molecule has 4 atom stereocenters. The van der Waals surface area contributed by atoms with Crippen molar-refractivity contribution in [3.8, 4) is 0 Å². The maximum Gasteiger partial charge on any atom is 0.134 e. The van der Waals surface area contributed by atoms with Crippen LogP contribution in [0.15, 0.2) is 61.2 Å². The first-order valence-electron chi connectivity index (χ1n) is 12.8. The van der Waals surface area contributed by atoms with Gasteiger partial charge in [0.1, 0.15) is 6.17 Å². The predicted octanol–water partition coefficient (Wildman–Crippen LogP) is 5.92. The number of fused-ring (bicyclic) bond motifs is 3. The molecule has 4 nitrogen and oxygen atoms in total. The molecule has 0 unspecified atom stereocenters. The molecule has 2 aliphatic heterocycles. The van der Waals surface area contributed by atoms with Crippen LogP contribution >= 0.6 is 0 Å². The van der Waals surface area contributed by atoms with E-state index in [4.69, 9.17) is 0 Å². The highest BCUT2D eigenvalue weighted by Gasteiger charge is 2.35. The molecule has 34 heavy (non-hydrogen) atoms. The fraction of sp³-hybridized carbons (Fsp3) is 0.448. The number of H-pyrrole nitrogens is 1. The molecular formula is C29H37FN4. The zero-order valence-corrected chi connectivity index (χ0v) is 20.4. The Kier molecular flexibility index (Phi) is 6.75. The van der Waals surface area contributed by atoms with E-state index < -0.39 is 6.17 Å². The van der Waals surface area contributed by atoms with Crippen molar-refractivity contribution < 1.29 is 4.39 Å². The van der Waals surface area contributed by atoms with E-state index in [0.717, 1.165) is 44.6 Å². The molecule has 0 bridgehead atoms. The zero-order valence-electron chi connectivity index (χ0n) is 20.4. The van der Waals surface area contributed by atoms with Gasteiger partial charge >= 0.3 is 0 Å². The Labute approximate surface area is 202 Å². The van der Waals surface area contributed by atoms with E-state index in [9.17, 15) is 4.39 Å². The summed E-state index contributed by atoms with van der Waals surface area (Å²) in [6.07, 6.45) is 4.25. The fourth-order valence-electron chi connectivity index (χ4n) is 5.91. The molecule has 3 heterocycles. The van der Waals surface area contributed by atoms with Crippen molar-refractivity contribution >= 4 is 16.6 Å². The molecule has 5 heteroatoms. The van der Waals surface area contributed by atoms with Crippen LogP contribution in [0.1, 0.15) is 49.6 Å². The lowest BCUT2D eigenvalue weighted by molar-refractivity contribution is 0.152. The van der Waals surface area contributed by atoms with Crippen LogP contribution in [0.2, 0.25) is 0 Å². The lowest BCUT2D eigenvalue weighted by atomic mass is 9.88.